The Balaban J connectivity index is 1.68. The third-order valence-electron chi connectivity index (χ3n) is 4.55. The van der Waals surface area contributed by atoms with Crippen LogP contribution in [0.3, 0.4) is 0 Å². The van der Waals surface area contributed by atoms with Crippen molar-refractivity contribution in [3.63, 3.8) is 0 Å². The molecule has 2 aromatic rings. The zero-order valence-electron chi connectivity index (χ0n) is 14.2. The topological polar surface area (TPSA) is 79.6 Å². The lowest BCUT2D eigenvalue weighted by molar-refractivity contribution is -0.143. The van der Waals surface area contributed by atoms with Crippen molar-refractivity contribution in [2.75, 3.05) is 6.54 Å². The minimum Gasteiger partial charge on any atom is -0.467 e. The first-order valence-electron chi connectivity index (χ1n) is 8.11. The van der Waals surface area contributed by atoms with Crippen molar-refractivity contribution in [3.8, 4) is 0 Å². The molecule has 0 bridgehead atoms. The first-order chi connectivity index (χ1) is 11.9. The van der Waals surface area contributed by atoms with Gasteiger partial charge in [-0.05, 0) is 31.5 Å². The molecular weight excluding hydrogens is 320 g/mol. The summed E-state index contributed by atoms with van der Waals surface area (Å²) in [7, 11) is 0. The summed E-state index contributed by atoms with van der Waals surface area (Å²) in [5, 5.41) is 2.65. The Labute approximate surface area is 145 Å². The highest BCUT2D eigenvalue weighted by Gasteiger charge is 2.49. The van der Waals surface area contributed by atoms with E-state index in [9.17, 15) is 14.4 Å². The van der Waals surface area contributed by atoms with Crippen molar-refractivity contribution in [3.05, 3.63) is 59.5 Å². The Morgan fingerprint density at radius 2 is 1.96 bits per heavy atom. The summed E-state index contributed by atoms with van der Waals surface area (Å²) in [4.78, 5) is 38.2. The minimum absolute atomic E-state index is 0.0698. The molecule has 1 aromatic carbocycles. The van der Waals surface area contributed by atoms with Crippen LogP contribution in [-0.2, 0) is 26.3 Å². The molecule has 1 saturated heterocycles. The van der Waals surface area contributed by atoms with Crippen molar-refractivity contribution in [2.24, 2.45) is 0 Å². The largest absolute Gasteiger partial charge is 0.467 e. The van der Waals surface area contributed by atoms with Crippen molar-refractivity contribution < 1.29 is 18.8 Å². The molecule has 0 spiro atoms. The molecule has 3 rings (SSSR count). The fraction of sp³-hybridized carbons (Fsp3) is 0.316. The summed E-state index contributed by atoms with van der Waals surface area (Å²) in [6.45, 7) is 3.65. The molecule has 0 unspecified atom stereocenters. The number of hydrogen-bond donors (Lipinski definition) is 1. The molecular formula is C19H20N2O4. The lowest BCUT2D eigenvalue weighted by Gasteiger charge is -2.22. The molecule has 1 fully saturated rings. The number of furan rings is 1. The number of aryl methyl sites for hydroxylation is 1. The van der Waals surface area contributed by atoms with Crippen molar-refractivity contribution >= 4 is 17.7 Å². The standard InChI is InChI=1S/C19H20N2O4/c1-13-5-7-14(8-6-13)19(2)10-17(23)21(18(19)24)12-16(22)20-11-15-4-3-9-25-15/h3-9H,10-12H2,1-2H3,(H,20,22)/t19-/m0/s1. The summed E-state index contributed by atoms with van der Waals surface area (Å²) >= 11 is 0. The fourth-order valence-corrected chi connectivity index (χ4v) is 2.99. The summed E-state index contributed by atoms with van der Waals surface area (Å²) in [6.07, 6.45) is 1.59. The second-order valence-corrected chi connectivity index (χ2v) is 6.52. The van der Waals surface area contributed by atoms with Gasteiger partial charge in [-0.3, -0.25) is 19.3 Å². The monoisotopic (exact) mass is 340 g/mol. The summed E-state index contributed by atoms with van der Waals surface area (Å²) < 4.78 is 5.13. The number of nitrogens with one attached hydrogen (secondary N) is 1. The third kappa shape index (κ3) is 3.33. The van der Waals surface area contributed by atoms with Gasteiger partial charge in [0, 0.05) is 6.42 Å². The van der Waals surface area contributed by atoms with Gasteiger partial charge in [-0.2, -0.15) is 0 Å². The van der Waals surface area contributed by atoms with E-state index in [0.29, 0.717) is 5.76 Å². The third-order valence-corrected chi connectivity index (χ3v) is 4.55. The molecule has 0 radical (unpaired) electrons. The fourth-order valence-electron chi connectivity index (χ4n) is 2.99. The molecule has 1 aliphatic heterocycles. The maximum atomic E-state index is 12.8. The van der Waals surface area contributed by atoms with E-state index in [1.54, 1.807) is 19.1 Å². The second-order valence-electron chi connectivity index (χ2n) is 6.52. The highest BCUT2D eigenvalue weighted by Crippen LogP contribution is 2.36. The number of carbonyl (C=O) groups excluding carboxylic acids is 3. The number of imide groups is 1. The molecule has 2 heterocycles. The lowest BCUT2D eigenvalue weighted by atomic mass is 9.81. The average molecular weight is 340 g/mol. The summed E-state index contributed by atoms with van der Waals surface area (Å²) in [6, 6.07) is 11.0. The van der Waals surface area contributed by atoms with Crippen LogP contribution < -0.4 is 5.32 Å². The Kier molecular flexibility index (Phi) is 4.44. The highest BCUT2D eigenvalue weighted by atomic mass is 16.3. The van der Waals surface area contributed by atoms with E-state index in [2.05, 4.69) is 5.32 Å². The van der Waals surface area contributed by atoms with Gasteiger partial charge in [0.2, 0.25) is 17.7 Å². The predicted octanol–water partition coefficient (Wildman–Crippen LogP) is 1.92. The first-order valence-corrected chi connectivity index (χ1v) is 8.11. The van der Waals surface area contributed by atoms with Crippen LogP contribution in [0.1, 0.15) is 30.2 Å². The van der Waals surface area contributed by atoms with Crippen molar-refractivity contribution in [2.45, 2.75) is 32.2 Å². The molecule has 0 aliphatic carbocycles. The maximum Gasteiger partial charge on any atom is 0.240 e. The van der Waals surface area contributed by atoms with E-state index in [-0.39, 0.29) is 31.3 Å². The van der Waals surface area contributed by atoms with Gasteiger partial charge in [0.05, 0.1) is 18.2 Å². The Morgan fingerprint density at radius 1 is 1.24 bits per heavy atom. The van der Waals surface area contributed by atoms with Crippen LogP contribution in [-0.4, -0.2) is 29.2 Å². The SMILES string of the molecule is Cc1ccc([C@]2(C)CC(=O)N(CC(=O)NCc3ccco3)C2=O)cc1. The van der Waals surface area contributed by atoms with Gasteiger partial charge in [0.1, 0.15) is 12.3 Å². The van der Waals surface area contributed by atoms with Crippen LogP contribution in [0.4, 0.5) is 0 Å². The predicted molar refractivity (Wildman–Crippen MR) is 90.4 cm³/mol. The summed E-state index contributed by atoms with van der Waals surface area (Å²) in [5.74, 6) is -0.459. The van der Waals surface area contributed by atoms with E-state index in [0.717, 1.165) is 16.0 Å². The van der Waals surface area contributed by atoms with Crippen LogP contribution in [0.5, 0.6) is 0 Å². The first kappa shape index (κ1) is 17.0. The number of hydrogen-bond acceptors (Lipinski definition) is 4. The Morgan fingerprint density at radius 3 is 2.60 bits per heavy atom. The molecule has 130 valence electrons. The molecule has 1 N–H and O–H groups in total. The minimum atomic E-state index is -0.925. The summed E-state index contributed by atoms with van der Waals surface area (Å²) in [5.41, 5.74) is 0.944. The number of amides is 3. The Hall–Kier alpha value is -2.89. The van der Waals surface area contributed by atoms with Crippen molar-refractivity contribution in [1.29, 1.82) is 0 Å². The van der Waals surface area contributed by atoms with E-state index >= 15 is 0 Å². The van der Waals surface area contributed by atoms with Gasteiger partial charge >= 0.3 is 0 Å². The molecule has 6 nitrogen and oxygen atoms in total. The van der Waals surface area contributed by atoms with Crippen LogP contribution in [0.25, 0.3) is 0 Å². The highest BCUT2D eigenvalue weighted by molar-refractivity contribution is 6.10. The van der Waals surface area contributed by atoms with Crippen LogP contribution in [0.2, 0.25) is 0 Å². The van der Waals surface area contributed by atoms with Gasteiger partial charge in [0.15, 0.2) is 0 Å². The molecule has 3 amide bonds. The number of likely N-dealkylation sites (tertiary alicyclic amines) is 1. The molecule has 1 aliphatic rings. The number of benzene rings is 1. The normalized spacial score (nSPS) is 20.2. The Bertz CT molecular complexity index is 795. The van der Waals surface area contributed by atoms with E-state index in [1.807, 2.05) is 31.2 Å². The van der Waals surface area contributed by atoms with E-state index < -0.39 is 11.3 Å². The molecule has 6 heteroatoms. The quantitative estimate of drug-likeness (QED) is 0.844. The number of carbonyl (C=O) groups is 3. The zero-order chi connectivity index (χ0) is 18.0. The van der Waals surface area contributed by atoms with E-state index in [1.165, 1.54) is 6.26 Å². The number of rotatable bonds is 5. The van der Waals surface area contributed by atoms with Gasteiger partial charge in [-0.15, -0.1) is 0 Å². The second kappa shape index (κ2) is 6.55. The van der Waals surface area contributed by atoms with E-state index in [4.69, 9.17) is 4.42 Å². The smallest absolute Gasteiger partial charge is 0.240 e. The molecule has 25 heavy (non-hydrogen) atoms. The lowest BCUT2D eigenvalue weighted by Crippen LogP contribution is -2.42. The molecule has 0 saturated carbocycles. The van der Waals surface area contributed by atoms with Crippen LogP contribution in [0, 0.1) is 6.92 Å². The van der Waals surface area contributed by atoms with Gasteiger partial charge in [-0.25, -0.2) is 0 Å². The molecule has 1 atom stereocenters. The average Bonchev–Trinajstić information content (AvgIpc) is 3.17. The van der Waals surface area contributed by atoms with Crippen LogP contribution in [0.15, 0.2) is 47.1 Å². The van der Waals surface area contributed by atoms with Crippen molar-refractivity contribution in [1.82, 2.24) is 10.2 Å². The van der Waals surface area contributed by atoms with Crippen LogP contribution >= 0.6 is 0 Å². The molecule has 1 aromatic heterocycles. The van der Waals surface area contributed by atoms with Gasteiger partial charge in [0.25, 0.3) is 0 Å². The van der Waals surface area contributed by atoms with Gasteiger partial charge < -0.3 is 9.73 Å². The maximum absolute atomic E-state index is 12.8. The zero-order valence-corrected chi connectivity index (χ0v) is 14.2. The number of nitrogens with zero attached hydrogens (tertiary/aromatic N) is 1. The van der Waals surface area contributed by atoms with Gasteiger partial charge in [-0.1, -0.05) is 29.8 Å².